The number of carbonyl (C=O) groups is 1. The average Bonchev–Trinajstić information content (AvgIpc) is 3.13. The highest BCUT2D eigenvalue weighted by molar-refractivity contribution is 7.08. The van der Waals surface area contributed by atoms with E-state index in [0.717, 1.165) is 5.56 Å². The van der Waals surface area contributed by atoms with Crippen LogP contribution < -0.4 is 11.1 Å². The summed E-state index contributed by atoms with van der Waals surface area (Å²) in [5.74, 6) is -0.537. The van der Waals surface area contributed by atoms with Crippen LogP contribution in [0.3, 0.4) is 0 Å². The summed E-state index contributed by atoms with van der Waals surface area (Å²) in [5, 5.41) is 6.70. The smallest absolute Gasteiger partial charge is 0.331 e. The lowest BCUT2D eigenvalue weighted by Gasteiger charge is -2.07. The predicted octanol–water partition coefficient (Wildman–Crippen LogP) is 3.15. The second-order valence-electron chi connectivity index (χ2n) is 5.06. The van der Waals surface area contributed by atoms with Crippen LogP contribution in [-0.4, -0.2) is 20.9 Å². The molecule has 2 aromatic heterocycles. The first-order chi connectivity index (χ1) is 12.6. The van der Waals surface area contributed by atoms with Crippen molar-refractivity contribution >= 4 is 41.0 Å². The molecule has 0 aliphatic rings. The van der Waals surface area contributed by atoms with Crippen LogP contribution in [0.2, 0.25) is 0 Å². The van der Waals surface area contributed by atoms with Crippen molar-refractivity contribution in [1.82, 2.24) is 15.0 Å². The molecule has 3 N–H and O–H groups in total. The Morgan fingerprint density at radius 3 is 2.77 bits per heavy atom. The molecule has 3 rings (SSSR count). The quantitative estimate of drug-likeness (QED) is 0.507. The maximum atomic E-state index is 12.9. The van der Waals surface area contributed by atoms with Crippen molar-refractivity contribution in [2.45, 2.75) is 6.61 Å². The molecule has 0 radical (unpaired) electrons. The summed E-state index contributed by atoms with van der Waals surface area (Å²) in [6.45, 7) is -0.155. The number of carbonyl (C=O) groups excluding carboxylic acids is 1. The number of halogens is 1. The van der Waals surface area contributed by atoms with Crippen LogP contribution in [0.25, 0.3) is 6.08 Å². The Hall–Kier alpha value is -3.33. The monoisotopic (exact) mass is 371 g/mol. The zero-order chi connectivity index (χ0) is 18.4. The molecular weight excluding hydrogens is 357 g/mol. The lowest BCUT2D eigenvalue weighted by atomic mass is 10.3. The van der Waals surface area contributed by atoms with E-state index in [4.69, 9.17) is 10.5 Å². The standard InChI is InChI=1S/C17H14FN5O2S/c18-12-2-4-13(5-3-12)20-17-22-14(21-16(19)23-17)9-25-15(24)6-1-11-7-8-26-10-11/h1-8,10H,9H2,(H3,19,20,21,22,23)/b6-1+. The molecule has 2 heterocycles. The Labute approximate surface area is 152 Å². The van der Waals surface area contributed by atoms with Crippen LogP contribution in [0.1, 0.15) is 11.4 Å². The number of nitrogens with two attached hydrogens (primary N) is 1. The second-order valence-corrected chi connectivity index (χ2v) is 5.84. The minimum atomic E-state index is -0.525. The van der Waals surface area contributed by atoms with Gasteiger partial charge in [-0.15, -0.1) is 0 Å². The largest absolute Gasteiger partial charge is 0.454 e. The molecule has 3 aromatic rings. The number of nitrogen functional groups attached to an aromatic ring is 1. The van der Waals surface area contributed by atoms with Crippen molar-refractivity contribution in [2.24, 2.45) is 0 Å². The number of aromatic nitrogens is 3. The number of hydrogen-bond acceptors (Lipinski definition) is 8. The minimum absolute atomic E-state index is 0.0236. The normalized spacial score (nSPS) is 10.8. The van der Waals surface area contributed by atoms with E-state index < -0.39 is 5.97 Å². The number of nitrogens with one attached hydrogen (secondary N) is 1. The summed E-state index contributed by atoms with van der Waals surface area (Å²) in [4.78, 5) is 23.7. The van der Waals surface area contributed by atoms with E-state index in [0.29, 0.717) is 5.69 Å². The third-order valence-electron chi connectivity index (χ3n) is 3.10. The number of thiophene rings is 1. The number of hydrogen-bond donors (Lipinski definition) is 2. The van der Waals surface area contributed by atoms with E-state index in [1.807, 2.05) is 16.8 Å². The van der Waals surface area contributed by atoms with Crippen LogP contribution in [-0.2, 0) is 16.1 Å². The molecule has 9 heteroatoms. The Bertz CT molecular complexity index is 913. The van der Waals surface area contributed by atoms with Crippen LogP contribution >= 0.6 is 11.3 Å². The first-order valence-electron chi connectivity index (χ1n) is 7.48. The van der Waals surface area contributed by atoms with Crippen molar-refractivity contribution < 1.29 is 13.9 Å². The molecule has 26 heavy (non-hydrogen) atoms. The molecule has 0 saturated heterocycles. The van der Waals surface area contributed by atoms with Gasteiger partial charge in [0.15, 0.2) is 12.4 Å². The number of rotatable bonds is 6. The van der Waals surface area contributed by atoms with Crippen molar-refractivity contribution in [3.8, 4) is 0 Å². The first-order valence-corrected chi connectivity index (χ1v) is 8.43. The highest BCUT2D eigenvalue weighted by Crippen LogP contribution is 2.14. The fourth-order valence-corrected chi connectivity index (χ4v) is 2.57. The summed E-state index contributed by atoms with van der Waals surface area (Å²) in [5.41, 5.74) is 7.15. The number of anilines is 3. The van der Waals surface area contributed by atoms with Crippen LogP contribution in [0.15, 0.2) is 47.2 Å². The van der Waals surface area contributed by atoms with Gasteiger partial charge in [-0.2, -0.15) is 26.3 Å². The predicted molar refractivity (Wildman–Crippen MR) is 97.1 cm³/mol. The first kappa shape index (κ1) is 17.5. The lowest BCUT2D eigenvalue weighted by Crippen LogP contribution is -2.10. The number of nitrogens with zero attached hydrogens (tertiary/aromatic N) is 3. The molecule has 0 aliphatic carbocycles. The molecule has 0 fully saturated rings. The lowest BCUT2D eigenvalue weighted by molar-refractivity contribution is -0.139. The van der Waals surface area contributed by atoms with Gasteiger partial charge in [-0.25, -0.2) is 9.18 Å². The van der Waals surface area contributed by atoms with Gasteiger partial charge in [0.25, 0.3) is 0 Å². The van der Waals surface area contributed by atoms with E-state index in [2.05, 4.69) is 20.3 Å². The zero-order valence-electron chi connectivity index (χ0n) is 13.4. The Balaban J connectivity index is 1.62. The van der Waals surface area contributed by atoms with Gasteiger partial charge in [-0.1, -0.05) is 0 Å². The molecule has 0 amide bonds. The highest BCUT2D eigenvalue weighted by Gasteiger charge is 2.07. The number of esters is 1. The fraction of sp³-hybridized carbons (Fsp3) is 0.0588. The molecule has 0 saturated carbocycles. The fourth-order valence-electron chi connectivity index (χ4n) is 1.94. The Kier molecular flexibility index (Phi) is 5.49. The third kappa shape index (κ3) is 5.08. The molecule has 0 aliphatic heterocycles. The maximum absolute atomic E-state index is 12.9. The third-order valence-corrected chi connectivity index (χ3v) is 3.80. The van der Waals surface area contributed by atoms with Crippen molar-refractivity contribution in [2.75, 3.05) is 11.1 Å². The van der Waals surface area contributed by atoms with Gasteiger partial charge in [-0.3, -0.25) is 0 Å². The molecule has 7 nitrogen and oxygen atoms in total. The Morgan fingerprint density at radius 1 is 1.23 bits per heavy atom. The number of ether oxygens (including phenoxy) is 1. The van der Waals surface area contributed by atoms with Gasteiger partial charge in [0.2, 0.25) is 11.9 Å². The maximum Gasteiger partial charge on any atom is 0.331 e. The van der Waals surface area contributed by atoms with Gasteiger partial charge in [0.05, 0.1) is 0 Å². The minimum Gasteiger partial charge on any atom is -0.454 e. The molecule has 0 atom stereocenters. The van der Waals surface area contributed by atoms with Crippen molar-refractivity contribution in [3.63, 3.8) is 0 Å². The van der Waals surface area contributed by atoms with Crippen LogP contribution in [0.5, 0.6) is 0 Å². The van der Waals surface area contributed by atoms with E-state index in [1.165, 1.54) is 41.7 Å². The van der Waals surface area contributed by atoms with Gasteiger partial charge in [0.1, 0.15) is 5.82 Å². The molecule has 0 spiro atoms. The molecule has 132 valence electrons. The van der Waals surface area contributed by atoms with E-state index in [-0.39, 0.29) is 30.1 Å². The highest BCUT2D eigenvalue weighted by atomic mass is 32.1. The van der Waals surface area contributed by atoms with Crippen LogP contribution in [0.4, 0.5) is 22.0 Å². The van der Waals surface area contributed by atoms with E-state index in [1.54, 1.807) is 6.08 Å². The van der Waals surface area contributed by atoms with E-state index >= 15 is 0 Å². The molecule has 0 unspecified atom stereocenters. The summed E-state index contributed by atoms with van der Waals surface area (Å²) in [6.07, 6.45) is 2.98. The van der Waals surface area contributed by atoms with Gasteiger partial charge < -0.3 is 15.8 Å². The summed E-state index contributed by atoms with van der Waals surface area (Å²) >= 11 is 1.53. The average molecular weight is 371 g/mol. The van der Waals surface area contributed by atoms with Gasteiger partial charge in [0, 0.05) is 11.8 Å². The van der Waals surface area contributed by atoms with Crippen LogP contribution in [0, 0.1) is 5.82 Å². The molecule has 0 bridgehead atoms. The topological polar surface area (TPSA) is 103 Å². The summed E-state index contributed by atoms with van der Waals surface area (Å²) < 4.78 is 18.0. The van der Waals surface area contributed by atoms with Crippen molar-refractivity contribution in [3.05, 3.63) is 64.4 Å². The zero-order valence-corrected chi connectivity index (χ0v) is 14.2. The van der Waals surface area contributed by atoms with Gasteiger partial charge >= 0.3 is 5.97 Å². The summed E-state index contributed by atoms with van der Waals surface area (Å²) in [6, 6.07) is 7.55. The SMILES string of the molecule is Nc1nc(COC(=O)/C=C/c2ccsc2)nc(Nc2ccc(F)cc2)n1. The van der Waals surface area contributed by atoms with E-state index in [9.17, 15) is 9.18 Å². The van der Waals surface area contributed by atoms with Crippen molar-refractivity contribution in [1.29, 1.82) is 0 Å². The number of benzene rings is 1. The molecule has 1 aromatic carbocycles. The Morgan fingerprint density at radius 2 is 2.04 bits per heavy atom. The molecular formula is C17H14FN5O2S. The van der Waals surface area contributed by atoms with Gasteiger partial charge in [-0.05, 0) is 52.7 Å². The summed E-state index contributed by atoms with van der Waals surface area (Å²) in [7, 11) is 0. The second kappa shape index (κ2) is 8.17.